The van der Waals surface area contributed by atoms with Crippen LogP contribution in [0.1, 0.15) is 15.9 Å². The molecule has 5 nitrogen and oxygen atoms in total. The molecular formula is C12H13FN4O. The molecule has 0 aliphatic heterocycles. The van der Waals surface area contributed by atoms with Gasteiger partial charge in [-0.1, -0.05) is 12.1 Å². The highest BCUT2D eigenvalue weighted by Gasteiger charge is 2.16. The first kappa shape index (κ1) is 12.1. The van der Waals surface area contributed by atoms with Gasteiger partial charge in [-0.25, -0.2) is 4.39 Å². The van der Waals surface area contributed by atoms with Gasteiger partial charge in [0.05, 0.1) is 6.20 Å². The number of aromatic amines is 1. The maximum absolute atomic E-state index is 12.7. The number of benzene rings is 1. The summed E-state index contributed by atoms with van der Waals surface area (Å²) in [4.78, 5) is 13.5. The number of aromatic nitrogens is 2. The topological polar surface area (TPSA) is 75.0 Å². The van der Waals surface area contributed by atoms with E-state index in [9.17, 15) is 9.18 Å². The number of nitrogens with one attached hydrogen (secondary N) is 1. The first-order valence-electron chi connectivity index (χ1n) is 5.36. The standard InChI is InChI=1S/C12H13FN4O/c1-17(7-8-2-4-9(13)5-3-8)12(18)10-6-15-16-11(10)14/h2-6H,7H2,1H3,(H3,14,15,16). The monoisotopic (exact) mass is 248 g/mol. The second-order valence-electron chi connectivity index (χ2n) is 3.99. The summed E-state index contributed by atoms with van der Waals surface area (Å²) < 4.78 is 12.7. The van der Waals surface area contributed by atoms with Gasteiger partial charge in [-0.15, -0.1) is 0 Å². The minimum absolute atomic E-state index is 0.231. The van der Waals surface area contributed by atoms with Gasteiger partial charge in [-0.05, 0) is 17.7 Å². The molecule has 94 valence electrons. The van der Waals surface area contributed by atoms with Crippen LogP contribution >= 0.6 is 0 Å². The van der Waals surface area contributed by atoms with Crippen LogP contribution in [0.2, 0.25) is 0 Å². The summed E-state index contributed by atoms with van der Waals surface area (Å²) in [5.74, 6) is -0.289. The molecule has 1 aromatic heterocycles. The van der Waals surface area contributed by atoms with Gasteiger partial charge < -0.3 is 10.6 Å². The minimum Gasteiger partial charge on any atom is -0.383 e. The quantitative estimate of drug-likeness (QED) is 0.862. The molecule has 6 heteroatoms. The Morgan fingerprint density at radius 3 is 2.67 bits per heavy atom. The van der Waals surface area contributed by atoms with Crippen LogP contribution in [0.15, 0.2) is 30.5 Å². The number of nitrogens with zero attached hydrogens (tertiary/aromatic N) is 2. The molecule has 0 aliphatic carbocycles. The third kappa shape index (κ3) is 2.48. The minimum atomic E-state index is -0.299. The van der Waals surface area contributed by atoms with Crippen LogP contribution in [0.5, 0.6) is 0 Å². The van der Waals surface area contributed by atoms with Crippen LogP contribution < -0.4 is 5.73 Å². The van der Waals surface area contributed by atoms with E-state index in [1.165, 1.54) is 23.2 Å². The Morgan fingerprint density at radius 1 is 1.44 bits per heavy atom. The highest BCUT2D eigenvalue weighted by molar-refractivity contribution is 5.97. The van der Waals surface area contributed by atoms with E-state index in [-0.39, 0.29) is 17.5 Å². The van der Waals surface area contributed by atoms with Crippen LogP contribution in [0.4, 0.5) is 10.2 Å². The third-order valence-corrected chi connectivity index (χ3v) is 2.58. The van der Waals surface area contributed by atoms with E-state index in [2.05, 4.69) is 10.2 Å². The summed E-state index contributed by atoms with van der Waals surface area (Å²) in [5, 5.41) is 6.20. The fraction of sp³-hybridized carbons (Fsp3) is 0.167. The van der Waals surface area contributed by atoms with Crippen molar-refractivity contribution in [2.24, 2.45) is 0 Å². The van der Waals surface area contributed by atoms with Gasteiger partial charge in [0.25, 0.3) is 5.91 Å². The molecule has 0 saturated carbocycles. The van der Waals surface area contributed by atoms with Crippen molar-refractivity contribution in [3.05, 3.63) is 47.4 Å². The zero-order chi connectivity index (χ0) is 13.1. The van der Waals surface area contributed by atoms with Crippen LogP contribution in [-0.4, -0.2) is 28.1 Å². The van der Waals surface area contributed by atoms with Gasteiger partial charge in [0.2, 0.25) is 0 Å². The number of carbonyl (C=O) groups excluding carboxylic acids is 1. The number of carbonyl (C=O) groups is 1. The summed E-state index contributed by atoms with van der Waals surface area (Å²) in [5.41, 5.74) is 6.75. The van der Waals surface area contributed by atoms with Gasteiger partial charge >= 0.3 is 0 Å². The van der Waals surface area contributed by atoms with Crippen LogP contribution in [0.25, 0.3) is 0 Å². The Kier molecular flexibility index (Phi) is 3.27. The molecule has 18 heavy (non-hydrogen) atoms. The predicted octanol–water partition coefficient (Wildman–Crippen LogP) is 1.40. The molecule has 3 N–H and O–H groups in total. The molecule has 0 spiro atoms. The molecule has 1 aromatic carbocycles. The molecule has 0 saturated heterocycles. The predicted molar refractivity (Wildman–Crippen MR) is 65.2 cm³/mol. The lowest BCUT2D eigenvalue weighted by Gasteiger charge is -2.16. The lowest BCUT2D eigenvalue weighted by Crippen LogP contribution is -2.26. The fourth-order valence-corrected chi connectivity index (χ4v) is 1.61. The summed E-state index contributed by atoms with van der Waals surface area (Å²) in [6.07, 6.45) is 1.39. The second kappa shape index (κ2) is 4.87. The van der Waals surface area contributed by atoms with E-state index in [0.717, 1.165) is 5.56 Å². The average molecular weight is 248 g/mol. The maximum Gasteiger partial charge on any atom is 0.259 e. The van der Waals surface area contributed by atoms with Crippen molar-refractivity contribution in [2.45, 2.75) is 6.54 Å². The van der Waals surface area contributed by atoms with Crippen molar-refractivity contribution in [1.29, 1.82) is 0 Å². The lowest BCUT2D eigenvalue weighted by molar-refractivity contribution is 0.0786. The largest absolute Gasteiger partial charge is 0.383 e. The molecule has 0 unspecified atom stereocenters. The smallest absolute Gasteiger partial charge is 0.259 e. The average Bonchev–Trinajstić information content (AvgIpc) is 2.77. The Hall–Kier alpha value is -2.37. The fourth-order valence-electron chi connectivity index (χ4n) is 1.61. The van der Waals surface area contributed by atoms with Crippen molar-refractivity contribution in [2.75, 3.05) is 12.8 Å². The number of H-pyrrole nitrogens is 1. The van der Waals surface area contributed by atoms with Gasteiger partial charge in [0.15, 0.2) is 0 Å². The Morgan fingerprint density at radius 2 is 2.11 bits per heavy atom. The second-order valence-corrected chi connectivity index (χ2v) is 3.99. The van der Waals surface area contributed by atoms with E-state index >= 15 is 0 Å². The molecule has 0 radical (unpaired) electrons. The number of halogens is 1. The number of amides is 1. The van der Waals surface area contributed by atoms with Crippen molar-refractivity contribution >= 4 is 11.7 Å². The van der Waals surface area contributed by atoms with E-state index in [1.54, 1.807) is 19.2 Å². The normalized spacial score (nSPS) is 10.3. The number of nitrogen functional groups attached to an aromatic ring is 1. The van der Waals surface area contributed by atoms with Gasteiger partial charge in [-0.2, -0.15) is 5.10 Å². The lowest BCUT2D eigenvalue weighted by atomic mass is 10.2. The number of anilines is 1. The van der Waals surface area contributed by atoms with E-state index in [1.807, 2.05) is 0 Å². The van der Waals surface area contributed by atoms with Crippen molar-refractivity contribution < 1.29 is 9.18 Å². The number of rotatable bonds is 3. The van der Waals surface area contributed by atoms with Crippen molar-refractivity contribution in [3.63, 3.8) is 0 Å². The molecular weight excluding hydrogens is 235 g/mol. The van der Waals surface area contributed by atoms with Gasteiger partial charge in [-0.3, -0.25) is 9.89 Å². The van der Waals surface area contributed by atoms with E-state index < -0.39 is 0 Å². The first-order valence-corrected chi connectivity index (χ1v) is 5.36. The van der Waals surface area contributed by atoms with Crippen LogP contribution in [-0.2, 0) is 6.54 Å². The summed E-state index contributed by atoms with van der Waals surface area (Å²) in [6, 6.07) is 6.00. The molecule has 0 bridgehead atoms. The number of hydrogen-bond acceptors (Lipinski definition) is 3. The van der Waals surface area contributed by atoms with Crippen molar-refractivity contribution in [1.82, 2.24) is 15.1 Å². The Labute approximate surface area is 103 Å². The van der Waals surface area contributed by atoms with Crippen LogP contribution in [0.3, 0.4) is 0 Å². The number of hydrogen-bond donors (Lipinski definition) is 2. The zero-order valence-electron chi connectivity index (χ0n) is 9.85. The molecule has 2 rings (SSSR count). The van der Waals surface area contributed by atoms with Crippen molar-refractivity contribution in [3.8, 4) is 0 Å². The molecule has 1 amide bonds. The van der Waals surface area contributed by atoms with E-state index in [0.29, 0.717) is 12.1 Å². The highest BCUT2D eigenvalue weighted by Crippen LogP contribution is 2.12. The highest BCUT2D eigenvalue weighted by atomic mass is 19.1. The van der Waals surface area contributed by atoms with Crippen LogP contribution in [0, 0.1) is 5.82 Å². The molecule has 0 aliphatic rings. The SMILES string of the molecule is CN(Cc1ccc(F)cc1)C(=O)c1cn[nH]c1N. The van der Waals surface area contributed by atoms with E-state index in [4.69, 9.17) is 5.73 Å². The summed E-state index contributed by atoms with van der Waals surface area (Å²) >= 11 is 0. The summed E-state index contributed by atoms with van der Waals surface area (Å²) in [6.45, 7) is 0.379. The maximum atomic E-state index is 12.7. The first-order chi connectivity index (χ1) is 8.58. The van der Waals surface area contributed by atoms with Gasteiger partial charge in [0.1, 0.15) is 17.2 Å². The third-order valence-electron chi connectivity index (χ3n) is 2.58. The zero-order valence-corrected chi connectivity index (χ0v) is 9.85. The number of nitrogens with two attached hydrogens (primary N) is 1. The molecule has 2 aromatic rings. The Balaban J connectivity index is 2.08. The summed E-state index contributed by atoms with van der Waals surface area (Å²) in [7, 11) is 1.65. The molecule has 0 atom stereocenters. The molecule has 0 fully saturated rings. The Bertz CT molecular complexity index is 549. The molecule has 1 heterocycles. The van der Waals surface area contributed by atoms with Gasteiger partial charge in [0, 0.05) is 13.6 Å².